The van der Waals surface area contributed by atoms with Gasteiger partial charge >= 0.3 is 5.97 Å². The number of aliphatic hydroxyl groups is 7. The number of cyclic esters (lactones) is 1. The lowest BCUT2D eigenvalue weighted by Crippen LogP contribution is -2.59. The minimum Gasteiger partial charge on any atom is -0.507 e. The van der Waals surface area contributed by atoms with Gasteiger partial charge in [-0.2, -0.15) is 0 Å². The van der Waals surface area contributed by atoms with Crippen molar-refractivity contribution in [2.24, 2.45) is 0 Å². The van der Waals surface area contributed by atoms with Crippen LogP contribution >= 0.6 is 0 Å². The number of carbonyl (C=O) groups is 1. The van der Waals surface area contributed by atoms with E-state index in [1.807, 2.05) is 0 Å². The number of phenolic OH excluding ortho intramolecular Hbond substituents is 1. The van der Waals surface area contributed by atoms with Crippen LogP contribution in [0.4, 0.5) is 0 Å². The first kappa shape index (κ1) is 38.6. The number of benzene rings is 3. The number of aromatic hydroxyl groups is 1. The first-order chi connectivity index (χ1) is 26.8. The molecule has 5 heterocycles. The lowest BCUT2D eigenvalue weighted by molar-refractivity contribution is -0.315. The average molecular weight is 793 g/mol. The highest BCUT2D eigenvalue weighted by molar-refractivity contribution is 6.14. The zero-order valence-electron chi connectivity index (χ0n) is 29.8. The molecule has 0 amide bonds. The molecule has 20 nitrogen and oxygen atoms in total. The van der Waals surface area contributed by atoms with E-state index in [-0.39, 0.29) is 65.3 Å². The molecule has 0 radical (unpaired) electrons. The van der Waals surface area contributed by atoms with Crippen molar-refractivity contribution in [1.82, 2.24) is 0 Å². The van der Waals surface area contributed by atoms with Crippen LogP contribution in [0.2, 0.25) is 0 Å². The predicted octanol–water partition coefficient (Wildman–Crippen LogP) is -1.63. The molecule has 0 saturated carbocycles. The highest BCUT2D eigenvalue weighted by Crippen LogP contribution is 2.52. The summed E-state index contributed by atoms with van der Waals surface area (Å²) in [6, 6.07) is 6.01. The minimum atomic E-state index is -2.19. The monoisotopic (exact) mass is 792 g/mol. The number of carbonyl (C=O) groups excluding carboxylic acids is 1. The third-order valence-electron chi connectivity index (χ3n) is 10.4. The summed E-state index contributed by atoms with van der Waals surface area (Å²) in [5, 5.41) is 85.7. The largest absolute Gasteiger partial charge is 0.507 e. The number of esters is 1. The van der Waals surface area contributed by atoms with Crippen molar-refractivity contribution in [3.05, 3.63) is 35.4 Å². The second-order valence-electron chi connectivity index (χ2n) is 13.9. The SMILES string of the molecule is COc1cc2c(O[C@@H]3OC[C@](O)(CO[C@@H]4OC[C@@H](O)[C@H](O)[C@H]4O)[C@H]3O[C@@H]3OC[C@@H](O)[C@H](O)[C@H]3O)c3c(c(-c4cc5c(cc4O)OCO5)c2cc1OC)C(=O)OC3. The van der Waals surface area contributed by atoms with Gasteiger partial charge in [0.15, 0.2) is 41.7 Å². The number of methoxy groups -OCH3 is 2. The lowest BCUT2D eigenvalue weighted by Gasteiger charge is -2.40. The van der Waals surface area contributed by atoms with Crippen LogP contribution in [0.1, 0.15) is 15.9 Å². The van der Waals surface area contributed by atoms with Gasteiger partial charge in [-0.15, -0.1) is 0 Å². The number of ether oxygens (including phenoxy) is 11. The van der Waals surface area contributed by atoms with Crippen LogP contribution in [0, 0.1) is 0 Å². The van der Waals surface area contributed by atoms with E-state index in [2.05, 4.69) is 0 Å². The minimum absolute atomic E-state index is 0.00160. The molecule has 3 aromatic rings. The summed E-state index contributed by atoms with van der Waals surface area (Å²) < 4.78 is 62.7. The van der Waals surface area contributed by atoms with Crippen molar-refractivity contribution in [2.45, 2.75) is 73.8 Å². The van der Waals surface area contributed by atoms with Gasteiger partial charge in [-0.1, -0.05) is 0 Å². The zero-order chi connectivity index (χ0) is 39.6. The average Bonchev–Trinajstić information content (AvgIpc) is 3.89. The molecule has 0 aromatic heterocycles. The summed E-state index contributed by atoms with van der Waals surface area (Å²) in [7, 11) is 2.82. The Morgan fingerprint density at radius 1 is 0.750 bits per heavy atom. The number of hydrogen-bond donors (Lipinski definition) is 8. The smallest absolute Gasteiger partial charge is 0.339 e. The number of fused-ring (bicyclic) bond motifs is 3. The van der Waals surface area contributed by atoms with Gasteiger partial charge in [0, 0.05) is 28.1 Å². The maximum Gasteiger partial charge on any atom is 0.339 e. The highest BCUT2D eigenvalue weighted by Gasteiger charge is 2.56. The molecule has 5 aliphatic heterocycles. The molecule has 0 aliphatic carbocycles. The van der Waals surface area contributed by atoms with Crippen LogP contribution in [0.3, 0.4) is 0 Å². The Hall–Kier alpha value is -4.29. The number of rotatable bonds is 10. The molecule has 0 unspecified atom stereocenters. The molecule has 20 heteroatoms. The van der Waals surface area contributed by atoms with Gasteiger partial charge < -0.3 is 93.0 Å². The van der Waals surface area contributed by atoms with E-state index in [0.29, 0.717) is 22.3 Å². The first-order valence-electron chi connectivity index (χ1n) is 17.5. The maximum absolute atomic E-state index is 13.6. The fourth-order valence-corrected chi connectivity index (χ4v) is 7.33. The van der Waals surface area contributed by atoms with Crippen molar-refractivity contribution >= 4 is 16.7 Å². The lowest BCUT2D eigenvalue weighted by atomic mass is 9.88. The molecular weight excluding hydrogens is 752 g/mol. The van der Waals surface area contributed by atoms with E-state index in [1.165, 1.54) is 26.4 Å². The van der Waals surface area contributed by atoms with E-state index < -0.39 is 93.0 Å². The summed E-state index contributed by atoms with van der Waals surface area (Å²) in [5.74, 6) is 0.0900. The summed E-state index contributed by atoms with van der Waals surface area (Å²) in [4.78, 5) is 13.6. The first-order valence-corrected chi connectivity index (χ1v) is 17.5. The molecule has 11 atom stereocenters. The van der Waals surface area contributed by atoms with Crippen LogP contribution in [-0.2, 0) is 35.0 Å². The third kappa shape index (κ3) is 6.50. The molecule has 8 rings (SSSR count). The van der Waals surface area contributed by atoms with Crippen LogP contribution in [-0.4, -0.2) is 161 Å². The van der Waals surface area contributed by atoms with Crippen molar-refractivity contribution in [3.63, 3.8) is 0 Å². The summed E-state index contributed by atoms with van der Waals surface area (Å²) in [6.07, 6.45) is -16.1. The zero-order valence-corrected chi connectivity index (χ0v) is 29.8. The van der Waals surface area contributed by atoms with Gasteiger partial charge in [0.2, 0.25) is 13.1 Å². The van der Waals surface area contributed by atoms with Gasteiger partial charge in [-0.3, -0.25) is 0 Å². The van der Waals surface area contributed by atoms with E-state index >= 15 is 0 Å². The van der Waals surface area contributed by atoms with E-state index in [4.69, 9.17) is 52.1 Å². The van der Waals surface area contributed by atoms with E-state index in [1.54, 1.807) is 12.1 Å². The highest BCUT2D eigenvalue weighted by atomic mass is 16.8. The molecule has 5 aliphatic rings. The number of hydrogen-bond acceptors (Lipinski definition) is 20. The molecule has 56 heavy (non-hydrogen) atoms. The second kappa shape index (κ2) is 14.9. The Morgan fingerprint density at radius 3 is 2.05 bits per heavy atom. The standard InChI is InChI=1S/C36H40O20/c1-46-20-3-13-14(4-21(20)47-2)30(16-7-48-32(44)25(16)24(13)15-5-22-23(6-17(15)37)54-12-53-22)55-35-31(56-34-29(43)27(41)19(39)9-50-34)36(45,11-52-35)10-51-33-28(42)26(40)18(38)8-49-33/h3-6,18-19,26-29,31,33-35,37-43,45H,7-12H2,1-2H3/t18-,19-,26+,27+,28-,29-,31+,33+,34+,35+,36-/m1/s1. The summed E-state index contributed by atoms with van der Waals surface area (Å²) >= 11 is 0. The third-order valence-corrected chi connectivity index (χ3v) is 10.4. The van der Waals surface area contributed by atoms with Crippen molar-refractivity contribution < 1.29 is 97.8 Å². The van der Waals surface area contributed by atoms with Crippen molar-refractivity contribution in [3.8, 4) is 45.6 Å². The Balaban J connectivity index is 1.22. The molecular formula is C36H40O20. The second-order valence-corrected chi connectivity index (χ2v) is 13.9. The molecule has 0 bridgehead atoms. The molecule has 3 saturated heterocycles. The molecule has 0 spiro atoms. The molecule has 8 N–H and O–H groups in total. The Labute approximate surface area is 316 Å². The fourth-order valence-electron chi connectivity index (χ4n) is 7.33. The fraction of sp³-hybridized carbons (Fsp3) is 0.528. The van der Waals surface area contributed by atoms with Crippen LogP contribution < -0.4 is 23.7 Å². The van der Waals surface area contributed by atoms with Crippen LogP contribution in [0.15, 0.2) is 24.3 Å². The Morgan fingerprint density at radius 2 is 1.38 bits per heavy atom. The van der Waals surface area contributed by atoms with Gasteiger partial charge in [0.1, 0.15) is 60.3 Å². The number of aliphatic hydroxyl groups excluding tert-OH is 6. The topological polar surface area (TPSA) is 280 Å². The summed E-state index contributed by atoms with van der Waals surface area (Å²) in [6.45, 7) is -2.51. The van der Waals surface area contributed by atoms with Crippen LogP contribution in [0.25, 0.3) is 21.9 Å². The van der Waals surface area contributed by atoms with Crippen molar-refractivity contribution in [2.75, 3.05) is 47.4 Å². The number of phenols is 1. The Bertz CT molecular complexity index is 1990. The van der Waals surface area contributed by atoms with Gasteiger partial charge in [-0.25, -0.2) is 4.79 Å². The Kier molecular flexibility index (Phi) is 10.3. The van der Waals surface area contributed by atoms with E-state index in [9.17, 15) is 45.6 Å². The van der Waals surface area contributed by atoms with E-state index in [0.717, 1.165) is 0 Å². The quantitative estimate of drug-likeness (QED) is 0.107. The van der Waals surface area contributed by atoms with Crippen LogP contribution in [0.5, 0.6) is 34.5 Å². The summed E-state index contributed by atoms with van der Waals surface area (Å²) in [5.41, 5.74) is -1.56. The molecule has 3 fully saturated rings. The van der Waals surface area contributed by atoms with Gasteiger partial charge in [0.05, 0.1) is 46.2 Å². The van der Waals surface area contributed by atoms with Crippen molar-refractivity contribution in [1.29, 1.82) is 0 Å². The molecule has 304 valence electrons. The predicted molar refractivity (Wildman–Crippen MR) is 181 cm³/mol. The molecule has 3 aromatic carbocycles. The van der Waals surface area contributed by atoms with Gasteiger partial charge in [-0.05, 0) is 23.6 Å². The normalized spacial score (nSPS) is 33.7. The van der Waals surface area contributed by atoms with Gasteiger partial charge in [0.25, 0.3) is 0 Å². The maximum atomic E-state index is 13.6.